The second kappa shape index (κ2) is 13.6. The molecule has 0 bridgehead atoms. The maximum atomic E-state index is 15.2. The lowest BCUT2D eigenvalue weighted by atomic mass is 9.93. The van der Waals surface area contributed by atoms with E-state index in [-0.39, 0.29) is 11.3 Å². The summed E-state index contributed by atoms with van der Waals surface area (Å²) in [6.45, 7) is 6.21. The molecule has 250 valence electrons. The molecule has 2 aromatic carbocycles. The zero-order valence-corrected chi connectivity index (χ0v) is 28.3. The third-order valence-electron chi connectivity index (χ3n) is 9.37. The van der Waals surface area contributed by atoms with E-state index in [1.165, 1.54) is 6.08 Å². The number of fused-ring (bicyclic) bond motifs is 2. The van der Waals surface area contributed by atoms with Crippen LogP contribution in [0.15, 0.2) is 54.7 Å². The Labute approximate surface area is 282 Å². The van der Waals surface area contributed by atoms with E-state index in [4.69, 9.17) is 16.3 Å². The predicted octanol–water partition coefficient (Wildman–Crippen LogP) is 7.62. The summed E-state index contributed by atoms with van der Waals surface area (Å²) in [5.74, 6) is -2.51. The predicted molar refractivity (Wildman–Crippen MR) is 185 cm³/mol. The summed E-state index contributed by atoms with van der Waals surface area (Å²) in [6, 6.07) is 9.69. The molecule has 0 radical (unpaired) electrons. The van der Waals surface area contributed by atoms with Crippen molar-refractivity contribution < 1.29 is 23.1 Å². The third kappa shape index (κ3) is 6.27. The van der Waals surface area contributed by atoms with E-state index < -0.39 is 29.0 Å². The number of nitrogens with zero attached hydrogens (tertiary/aromatic N) is 3. The smallest absolute Gasteiger partial charge is 0.248 e. The number of ether oxygens (including phenoxy) is 1. The van der Waals surface area contributed by atoms with Gasteiger partial charge < -0.3 is 24.3 Å². The number of nitrogens with one attached hydrogen (secondary N) is 2. The molecule has 11 heteroatoms. The van der Waals surface area contributed by atoms with Gasteiger partial charge in [-0.05, 0) is 87.9 Å². The lowest BCUT2D eigenvalue weighted by Gasteiger charge is -2.27. The maximum absolute atomic E-state index is 15.2. The summed E-state index contributed by atoms with van der Waals surface area (Å²) in [5, 5.41) is 6.14. The number of amides is 1. The Balaban J connectivity index is 1.22. The van der Waals surface area contributed by atoms with E-state index in [1.807, 2.05) is 44.5 Å². The fraction of sp³-hybridized carbons (Fsp3) is 0.324. The van der Waals surface area contributed by atoms with Crippen molar-refractivity contribution in [1.29, 1.82) is 0 Å². The number of hydrogen-bond donors (Lipinski definition) is 2. The number of imidazole rings is 1. The maximum Gasteiger partial charge on any atom is 0.248 e. The van der Waals surface area contributed by atoms with Crippen LogP contribution < -0.4 is 10.6 Å². The van der Waals surface area contributed by atoms with E-state index in [1.54, 1.807) is 35.9 Å². The van der Waals surface area contributed by atoms with Crippen molar-refractivity contribution in [1.82, 2.24) is 19.3 Å². The van der Waals surface area contributed by atoms with Gasteiger partial charge in [0.15, 0.2) is 0 Å². The van der Waals surface area contributed by atoms with Gasteiger partial charge in [0, 0.05) is 55.7 Å². The highest BCUT2D eigenvalue weighted by Gasteiger charge is 2.24. The van der Waals surface area contributed by atoms with Crippen LogP contribution in [0.25, 0.3) is 27.7 Å². The summed E-state index contributed by atoms with van der Waals surface area (Å²) >= 11 is 6.97. The molecule has 1 saturated carbocycles. The van der Waals surface area contributed by atoms with Gasteiger partial charge in [-0.1, -0.05) is 23.7 Å². The van der Waals surface area contributed by atoms with E-state index in [9.17, 15) is 9.59 Å². The number of halogens is 3. The molecule has 3 aromatic heterocycles. The molecule has 5 aromatic rings. The van der Waals surface area contributed by atoms with E-state index >= 15 is 8.78 Å². The Bertz CT molecular complexity index is 2070. The Morgan fingerprint density at radius 1 is 1.06 bits per heavy atom. The quantitative estimate of drug-likeness (QED) is 0.124. The minimum Gasteiger partial charge on any atom is -0.381 e. The van der Waals surface area contributed by atoms with Crippen LogP contribution in [0.5, 0.6) is 0 Å². The monoisotopic (exact) mass is 673 g/mol. The van der Waals surface area contributed by atoms with Crippen molar-refractivity contribution in [3.63, 3.8) is 0 Å². The fourth-order valence-corrected chi connectivity index (χ4v) is 7.11. The standard InChI is InChI=1S/C37H38ClF2N5O3/c1-20-16-29-35(42-22(3)44(29)4)33(38)32(20)26-8-7-15-45-30(17-21(2)36(26)45)37(47)23-18-27(39)34(28(40)19-23)43-31(46)9-6-14-41-24-10-12-25(48-5)13-11-24/h6-9,15-19,24-25,41H,10-14H2,1-5H3,(H,43,46)/b9-6+. The first kappa shape index (κ1) is 33.5. The van der Waals surface area contributed by atoms with E-state index in [0.29, 0.717) is 29.2 Å². The van der Waals surface area contributed by atoms with Crippen molar-refractivity contribution in [2.75, 3.05) is 19.0 Å². The summed E-state index contributed by atoms with van der Waals surface area (Å²) in [5.41, 5.74) is 5.10. The Kier molecular flexibility index (Phi) is 9.51. The minimum absolute atomic E-state index is 0.185. The van der Waals surface area contributed by atoms with Crippen LogP contribution in [-0.2, 0) is 16.6 Å². The Morgan fingerprint density at radius 3 is 2.46 bits per heavy atom. The molecule has 0 aliphatic heterocycles. The zero-order chi connectivity index (χ0) is 34.3. The topological polar surface area (TPSA) is 89.7 Å². The first-order valence-electron chi connectivity index (χ1n) is 16.0. The van der Waals surface area contributed by atoms with Gasteiger partial charge in [-0.2, -0.15) is 0 Å². The summed E-state index contributed by atoms with van der Waals surface area (Å²) in [4.78, 5) is 30.9. The number of ketones is 1. The third-order valence-corrected chi connectivity index (χ3v) is 9.74. The number of carbonyl (C=O) groups is 2. The van der Waals surface area contributed by atoms with Gasteiger partial charge in [-0.3, -0.25) is 9.59 Å². The second-order valence-electron chi connectivity index (χ2n) is 12.5. The second-order valence-corrected chi connectivity index (χ2v) is 12.9. The summed E-state index contributed by atoms with van der Waals surface area (Å²) in [6.07, 6.45) is 8.80. The van der Waals surface area contributed by atoms with Crippen LogP contribution in [0.4, 0.5) is 14.5 Å². The lowest BCUT2D eigenvalue weighted by molar-refractivity contribution is -0.112. The van der Waals surface area contributed by atoms with Crippen LogP contribution in [0.1, 0.15) is 58.7 Å². The Hall–Kier alpha value is -4.38. The molecule has 0 atom stereocenters. The molecule has 0 unspecified atom stereocenters. The van der Waals surface area contributed by atoms with Gasteiger partial charge in [0.05, 0.1) is 27.9 Å². The number of benzene rings is 2. The van der Waals surface area contributed by atoms with Crippen molar-refractivity contribution in [2.45, 2.75) is 58.6 Å². The molecule has 1 aliphatic rings. The number of anilines is 1. The van der Waals surface area contributed by atoms with Gasteiger partial charge in [-0.15, -0.1) is 0 Å². The van der Waals surface area contributed by atoms with Crippen LogP contribution in [0.2, 0.25) is 5.02 Å². The average Bonchev–Trinajstić information content (AvgIpc) is 3.56. The molecule has 48 heavy (non-hydrogen) atoms. The van der Waals surface area contributed by atoms with Crippen molar-refractivity contribution >= 4 is 45.5 Å². The summed E-state index contributed by atoms with van der Waals surface area (Å²) < 4.78 is 39.5. The molecule has 1 aliphatic carbocycles. The number of aromatic nitrogens is 3. The largest absolute Gasteiger partial charge is 0.381 e. The molecule has 6 rings (SSSR count). The molecular weight excluding hydrogens is 636 g/mol. The normalized spacial score (nSPS) is 16.8. The SMILES string of the molecule is COC1CCC(NC/C=C/C(=O)Nc2c(F)cc(C(=O)c3cc(C)c4c(-c5c(C)cc6c(nc(C)n6C)c5Cl)cccn34)cc2F)CC1. The highest BCUT2D eigenvalue weighted by molar-refractivity contribution is 6.38. The van der Waals surface area contributed by atoms with E-state index in [2.05, 4.69) is 15.6 Å². The molecule has 1 amide bonds. The number of pyridine rings is 1. The Morgan fingerprint density at radius 2 is 1.77 bits per heavy atom. The highest BCUT2D eigenvalue weighted by Crippen LogP contribution is 2.40. The summed E-state index contributed by atoms with van der Waals surface area (Å²) in [7, 11) is 3.66. The number of rotatable bonds is 9. The molecule has 2 N–H and O–H groups in total. The fourth-order valence-electron chi connectivity index (χ4n) is 6.72. The van der Waals surface area contributed by atoms with E-state index in [0.717, 1.165) is 76.9 Å². The highest BCUT2D eigenvalue weighted by atomic mass is 35.5. The zero-order valence-electron chi connectivity index (χ0n) is 27.6. The van der Waals surface area contributed by atoms with Crippen molar-refractivity contribution in [3.05, 3.63) is 99.6 Å². The van der Waals surface area contributed by atoms with Gasteiger partial charge in [-0.25, -0.2) is 13.8 Å². The number of hydrogen-bond acceptors (Lipinski definition) is 5. The minimum atomic E-state index is -1.05. The van der Waals surface area contributed by atoms with Gasteiger partial charge in [0.25, 0.3) is 0 Å². The van der Waals surface area contributed by atoms with Crippen LogP contribution in [0, 0.1) is 32.4 Å². The van der Waals surface area contributed by atoms with Gasteiger partial charge >= 0.3 is 0 Å². The average molecular weight is 674 g/mol. The molecule has 0 spiro atoms. The number of carbonyl (C=O) groups excluding carboxylic acids is 2. The van der Waals surface area contributed by atoms with Gasteiger partial charge in [0.2, 0.25) is 11.7 Å². The van der Waals surface area contributed by atoms with Gasteiger partial charge in [0.1, 0.15) is 28.7 Å². The lowest BCUT2D eigenvalue weighted by Crippen LogP contribution is -2.35. The first-order chi connectivity index (χ1) is 23.0. The number of methoxy groups -OCH3 is 1. The molecule has 3 heterocycles. The van der Waals surface area contributed by atoms with Crippen molar-refractivity contribution in [3.8, 4) is 11.1 Å². The first-order valence-corrected chi connectivity index (χ1v) is 16.4. The molecule has 0 saturated heterocycles. The molecule has 8 nitrogen and oxygen atoms in total. The molecular formula is C37H38ClF2N5O3. The number of aryl methyl sites for hydroxylation is 4. The molecule has 1 fully saturated rings. The van der Waals surface area contributed by atoms with Crippen LogP contribution in [0.3, 0.4) is 0 Å². The van der Waals surface area contributed by atoms with Crippen LogP contribution in [-0.4, -0.2) is 51.4 Å². The van der Waals surface area contributed by atoms with Crippen molar-refractivity contribution in [2.24, 2.45) is 7.05 Å². The van der Waals surface area contributed by atoms with Crippen LogP contribution >= 0.6 is 11.6 Å².